The van der Waals surface area contributed by atoms with E-state index in [-0.39, 0.29) is 30.8 Å². The van der Waals surface area contributed by atoms with Crippen molar-refractivity contribution in [3.8, 4) is 11.1 Å². The number of alkyl halides is 1. The molecule has 2 saturated heterocycles. The number of halogens is 3. The van der Waals surface area contributed by atoms with Crippen LogP contribution in [-0.2, 0) is 10.2 Å². The first-order valence-corrected chi connectivity index (χ1v) is 15.0. The fourth-order valence-electron chi connectivity index (χ4n) is 5.22. The number of piperazine rings is 1. The van der Waals surface area contributed by atoms with Gasteiger partial charge in [-0.05, 0) is 42.3 Å². The van der Waals surface area contributed by atoms with Crippen LogP contribution in [0.25, 0.3) is 22.2 Å². The molecule has 3 N–H and O–H groups in total. The standard InChI is InChI=1S/C28H27ClF2N6O3S/c29-26-24(35-41(39,40)37-10-7-19(30)16-37)6-5-23(31)25(26)27(38)22-15-34-28-21(22)13-18(14-33-28)17-1-3-20(4-2-17)36-11-8-32-9-12-36/h1-6,13-15,19,32,35H,7-12,16H2,(H,33,34)/t19-/m1/s1. The number of aromatic amines is 1. The van der Waals surface area contributed by atoms with Crippen LogP contribution in [0.3, 0.4) is 0 Å². The maximum atomic E-state index is 15.0. The lowest BCUT2D eigenvalue weighted by molar-refractivity contribution is 0.103. The van der Waals surface area contributed by atoms with Crippen LogP contribution in [-0.4, -0.2) is 73.9 Å². The van der Waals surface area contributed by atoms with Gasteiger partial charge in [-0.25, -0.2) is 13.8 Å². The van der Waals surface area contributed by atoms with Gasteiger partial charge in [0.15, 0.2) is 5.78 Å². The summed E-state index contributed by atoms with van der Waals surface area (Å²) >= 11 is 6.41. The van der Waals surface area contributed by atoms with Crippen LogP contribution in [0.4, 0.5) is 20.2 Å². The third-order valence-corrected chi connectivity index (χ3v) is 9.33. The Kier molecular flexibility index (Phi) is 7.41. The van der Waals surface area contributed by atoms with E-state index >= 15 is 4.39 Å². The van der Waals surface area contributed by atoms with Crippen LogP contribution < -0.4 is 14.9 Å². The monoisotopic (exact) mass is 600 g/mol. The molecule has 1 atom stereocenters. The molecule has 0 unspecified atom stereocenters. The van der Waals surface area contributed by atoms with Gasteiger partial charge in [-0.15, -0.1) is 0 Å². The van der Waals surface area contributed by atoms with E-state index in [9.17, 15) is 17.6 Å². The van der Waals surface area contributed by atoms with Gasteiger partial charge in [0.25, 0.3) is 0 Å². The van der Waals surface area contributed by atoms with E-state index in [4.69, 9.17) is 11.6 Å². The Morgan fingerprint density at radius 2 is 1.83 bits per heavy atom. The molecule has 2 fully saturated rings. The van der Waals surface area contributed by atoms with Gasteiger partial charge in [-0.2, -0.15) is 12.7 Å². The zero-order chi connectivity index (χ0) is 28.7. The Bertz CT molecular complexity index is 1720. The fraction of sp³-hybridized carbons (Fsp3) is 0.286. The lowest BCUT2D eigenvalue weighted by Gasteiger charge is -2.29. The van der Waals surface area contributed by atoms with Crippen molar-refractivity contribution in [2.45, 2.75) is 12.6 Å². The molecule has 6 rings (SSSR count). The summed E-state index contributed by atoms with van der Waals surface area (Å²) in [7, 11) is -4.16. The van der Waals surface area contributed by atoms with Gasteiger partial charge >= 0.3 is 10.2 Å². The van der Waals surface area contributed by atoms with Gasteiger partial charge < -0.3 is 15.2 Å². The van der Waals surface area contributed by atoms with Crippen LogP contribution in [0, 0.1) is 5.82 Å². The molecular formula is C28H27ClF2N6O3S. The van der Waals surface area contributed by atoms with Gasteiger partial charge in [-0.1, -0.05) is 23.7 Å². The largest absolute Gasteiger partial charge is 0.369 e. The van der Waals surface area contributed by atoms with E-state index in [0.717, 1.165) is 59.4 Å². The molecule has 9 nitrogen and oxygen atoms in total. The van der Waals surface area contributed by atoms with Crippen molar-refractivity contribution in [2.24, 2.45) is 0 Å². The van der Waals surface area contributed by atoms with E-state index in [1.165, 1.54) is 6.20 Å². The molecule has 4 heterocycles. The second-order valence-electron chi connectivity index (χ2n) is 10.1. The Hall–Kier alpha value is -3.58. The van der Waals surface area contributed by atoms with Crippen molar-refractivity contribution in [1.82, 2.24) is 19.6 Å². The number of ketones is 1. The highest BCUT2D eigenvalue weighted by molar-refractivity contribution is 7.90. The number of rotatable bonds is 7. The molecule has 0 saturated carbocycles. The number of fused-ring (bicyclic) bond motifs is 1. The van der Waals surface area contributed by atoms with Crippen molar-refractivity contribution in [2.75, 3.05) is 48.9 Å². The second-order valence-corrected chi connectivity index (χ2v) is 12.1. The third kappa shape index (κ3) is 5.40. The quantitative estimate of drug-likeness (QED) is 0.272. The first kappa shape index (κ1) is 27.6. The topological polar surface area (TPSA) is 110 Å². The highest BCUT2D eigenvalue weighted by Gasteiger charge is 2.32. The van der Waals surface area contributed by atoms with Crippen molar-refractivity contribution in [3.63, 3.8) is 0 Å². The number of pyridine rings is 1. The average molecular weight is 601 g/mol. The summed E-state index contributed by atoms with van der Waals surface area (Å²) in [6.07, 6.45) is 1.93. The zero-order valence-corrected chi connectivity index (χ0v) is 23.4. The van der Waals surface area contributed by atoms with Gasteiger partial charge in [0.2, 0.25) is 0 Å². The average Bonchev–Trinajstić information content (AvgIpc) is 3.61. The second kappa shape index (κ2) is 11.0. The van der Waals surface area contributed by atoms with Crippen LogP contribution in [0.15, 0.2) is 54.9 Å². The number of carbonyl (C=O) groups excluding carboxylic acids is 1. The molecule has 2 aliphatic rings. The summed E-state index contributed by atoms with van der Waals surface area (Å²) in [6, 6.07) is 12.0. The highest BCUT2D eigenvalue weighted by atomic mass is 35.5. The van der Waals surface area contributed by atoms with Crippen molar-refractivity contribution in [1.29, 1.82) is 0 Å². The molecule has 214 valence electrons. The minimum absolute atomic E-state index is 0.00420. The molecule has 0 aliphatic carbocycles. The number of hydrogen-bond acceptors (Lipinski definition) is 6. The normalized spacial score (nSPS) is 18.2. The number of anilines is 2. The minimum atomic E-state index is -4.16. The molecule has 0 spiro atoms. The molecule has 0 radical (unpaired) electrons. The molecule has 13 heteroatoms. The van der Waals surface area contributed by atoms with Crippen molar-refractivity contribution < 1.29 is 22.0 Å². The summed E-state index contributed by atoms with van der Waals surface area (Å²) < 4.78 is 57.3. The Morgan fingerprint density at radius 1 is 1.07 bits per heavy atom. The number of hydrogen-bond donors (Lipinski definition) is 3. The van der Waals surface area contributed by atoms with Crippen molar-refractivity contribution >= 4 is 50.0 Å². The van der Waals surface area contributed by atoms with E-state index in [2.05, 4.69) is 24.9 Å². The first-order valence-electron chi connectivity index (χ1n) is 13.2. The first-order chi connectivity index (χ1) is 19.7. The summed E-state index contributed by atoms with van der Waals surface area (Å²) in [5, 5.41) is 3.41. The van der Waals surface area contributed by atoms with Gasteiger partial charge in [-0.3, -0.25) is 9.52 Å². The molecule has 2 aromatic carbocycles. The lowest BCUT2D eigenvalue weighted by atomic mass is 10.00. The number of carbonyl (C=O) groups is 1. The summed E-state index contributed by atoms with van der Waals surface area (Å²) in [5.41, 5.74) is 2.69. The number of aromatic nitrogens is 2. The molecule has 4 aromatic rings. The van der Waals surface area contributed by atoms with E-state index < -0.39 is 38.6 Å². The van der Waals surface area contributed by atoms with Gasteiger partial charge in [0.05, 0.1) is 16.3 Å². The highest BCUT2D eigenvalue weighted by Crippen LogP contribution is 2.34. The Morgan fingerprint density at radius 3 is 2.54 bits per heavy atom. The minimum Gasteiger partial charge on any atom is -0.369 e. The smallest absolute Gasteiger partial charge is 0.301 e. The van der Waals surface area contributed by atoms with E-state index in [0.29, 0.717) is 11.0 Å². The number of nitrogens with zero attached hydrogens (tertiary/aromatic N) is 3. The Labute approximate surface area is 240 Å². The molecule has 2 aromatic heterocycles. The lowest BCUT2D eigenvalue weighted by Crippen LogP contribution is -2.43. The van der Waals surface area contributed by atoms with Crippen LogP contribution in [0.2, 0.25) is 5.02 Å². The van der Waals surface area contributed by atoms with E-state index in [1.807, 2.05) is 24.3 Å². The van der Waals surface area contributed by atoms with Crippen molar-refractivity contribution in [3.05, 3.63) is 76.8 Å². The van der Waals surface area contributed by atoms with Gasteiger partial charge in [0, 0.05) is 73.9 Å². The summed E-state index contributed by atoms with van der Waals surface area (Å²) in [4.78, 5) is 23.3. The van der Waals surface area contributed by atoms with Crippen LogP contribution in [0.1, 0.15) is 22.3 Å². The summed E-state index contributed by atoms with van der Waals surface area (Å²) in [6.45, 7) is 3.45. The molecule has 0 bridgehead atoms. The predicted octanol–water partition coefficient (Wildman–Crippen LogP) is 4.36. The van der Waals surface area contributed by atoms with Gasteiger partial charge in [0.1, 0.15) is 17.6 Å². The number of H-pyrrole nitrogens is 1. The maximum absolute atomic E-state index is 15.0. The fourth-order valence-corrected chi connectivity index (χ4v) is 6.84. The maximum Gasteiger partial charge on any atom is 0.301 e. The predicted molar refractivity (Wildman–Crippen MR) is 155 cm³/mol. The summed E-state index contributed by atoms with van der Waals surface area (Å²) in [5.74, 6) is -1.65. The molecule has 0 amide bonds. The Balaban J connectivity index is 1.30. The SMILES string of the molecule is O=C(c1c(F)ccc(NS(=O)(=O)N2CC[C@@H](F)C2)c1Cl)c1c[nH]c2ncc(-c3ccc(N4CCNCC4)cc3)cc12. The van der Waals surface area contributed by atoms with Crippen LogP contribution in [0.5, 0.6) is 0 Å². The van der Waals surface area contributed by atoms with Crippen LogP contribution >= 0.6 is 11.6 Å². The molecular weight excluding hydrogens is 574 g/mol. The molecule has 41 heavy (non-hydrogen) atoms. The number of nitrogens with one attached hydrogen (secondary N) is 3. The third-order valence-electron chi connectivity index (χ3n) is 7.45. The number of benzene rings is 2. The molecule has 2 aliphatic heterocycles. The van der Waals surface area contributed by atoms with E-state index in [1.54, 1.807) is 12.3 Å². The zero-order valence-electron chi connectivity index (χ0n) is 21.8.